The number of H-pyrrole nitrogens is 1. The molecule has 50 heavy (non-hydrogen) atoms. The Morgan fingerprint density at radius 2 is 1.72 bits per heavy atom. The second kappa shape index (κ2) is 12.2. The summed E-state index contributed by atoms with van der Waals surface area (Å²) in [4.78, 5) is 43.8. The summed E-state index contributed by atoms with van der Waals surface area (Å²) in [5.41, 5.74) is 7.03. The maximum atomic E-state index is 14.5. The van der Waals surface area contributed by atoms with E-state index in [1.165, 1.54) is 0 Å². The van der Waals surface area contributed by atoms with Crippen molar-refractivity contribution in [1.29, 1.82) is 0 Å². The van der Waals surface area contributed by atoms with Gasteiger partial charge in [0.15, 0.2) is 5.82 Å². The number of pyridine rings is 1. The lowest BCUT2D eigenvalue weighted by Crippen LogP contribution is -2.45. The van der Waals surface area contributed by atoms with Crippen LogP contribution in [0.3, 0.4) is 0 Å². The van der Waals surface area contributed by atoms with Gasteiger partial charge in [-0.2, -0.15) is 0 Å². The number of rotatable bonds is 6. The van der Waals surface area contributed by atoms with Crippen LogP contribution in [0.1, 0.15) is 40.5 Å². The predicted octanol–water partition coefficient (Wildman–Crippen LogP) is 8.02. The number of halogens is 2. The molecule has 0 radical (unpaired) electrons. The van der Waals surface area contributed by atoms with E-state index in [2.05, 4.69) is 19.8 Å². The first-order chi connectivity index (χ1) is 24.4. The number of piperidine rings is 1. The van der Waals surface area contributed by atoms with E-state index in [4.69, 9.17) is 37.9 Å². The first-order valence-corrected chi connectivity index (χ1v) is 17.4. The van der Waals surface area contributed by atoms with Crippen molar-refractivity contribution in [3.8, 4) is 22.5 Å². The molecule has 3 aliphatic rings. The third kappa shape index (κ3) is 5.09. The van der Waals surface area contributed by atoms with Crippen LogP contribution in [0.2, 0.25) is 10.0 Å². The summed E-state index contributed by atoms with van der Waals surface area (Å²) >= 11 is 13.1. The van der Waals surface area contributed by atoms with Crippen LogP contribution in [0.25, 0.3) is 33.4 Å². The SMILES string of the molecule is O=C(Nc1cccnc1N1CCC(N2CCOC2=O)CC1)c1[nH]c2cc(Cl)cc3c2c1-c1c(-c2ccccc2)ncn1[C@@H]3c1ccc(Cl)cc1. The summed E-state index contributed by atoms with van der Waals surface area (Å²) in [6.45, 7) is 2.45. The molecule has 9 rings (SSSR count). The van der Waals surface area contributed by atoms with Gasteiger partial charge in [-0.05, 0) is 60.4 Å². The van der Waals surface area contributed by atoms with Crippen LogP contribution in [-0.4, -0.2) is 68.7 Å². The molecular weight excluding hydrogens is 673 g/mol. The van der Waals surface area contributed by atoms with Crippen LogP contribution in [-0.2, 0) is 4.74 Å². The van der Waals surface area contributed by atoms with Crippen LogP contribution in [0.5, 0.6) is 0 Å². The monoisotopic (exact) mass is 703 g/mol. The topological polar surface area (TPSA) is 108 Å². The molecule has 3 aromatic carbocycles. The van der Waals surface area contributed by atoms with Gasteiger partial charge in [0.25, 0.3) is 5.91 Å². The molecule has 250 valence electrons. The molecule has 6 aromatic rings. The van der Waals surface area contributed by atoms with E-state index in [0.29, 0.717) is 53.5 Å². The van der Waals surface area contributed by atoms with E-state index in [1.807, 2.05) is 90.1 Å². The fourth-order valence-electron chi connectivity index (χ4n) is 7.76. The molecule has 2 amide bonds. The first-order valence-electron chi connectivity index (χ1n) is 16.6. The Hall–Kier alpha value is -5.32. The van der Waals surface area contributed by atoms with Crippen LogP contribution in [0.15, 0.2) is 91.4 Å². The molecular formula is C38H31Cl2N7O3. The van der Waals surface area contributed by atoms with Gasteiger partial charge in [0, 0.05) is 57.4 Å². The number of carbonyl (C=O) groups is 2. The largest absolute Gasteiger partial charge is 0.448 e. The highest BCUT2D eigenvalue weighted by molar-refractivity contribution is 6.32. The Labute approximate surface area is 297 Å². The highest BCUT2D eigenvalue weighted by Gasteiger charge is 2.37. The summed E-state index contributed by atoms with van der Waals surface area (Å²) in [7, 11) is 0. The van der Waals surface area contributed by atoms with Crippen molar-refractivity contribution in [1.82, 2.24) is 24.4 Å². The molecule has 0 bridgehead atoms. The van der Waals surface area contributed by atoms with Gasteiger partial charge in [0.05, 0.1) is 36.0 Å². The number of amides is 2. The van der Waals surface area contributed by atoms with Crippen molar-refractivity contribution in [3.63, 3.8) is 0 Å². The van der Waals surface area contributed by atoms with E-state index in [1.54, 1.807) is 6.20 Å². The summed E-state index contributed by atoms with van der Waals surface area (Å²) in [5.74, 6) is 0.383. The lowest BCUT2D eigenvalue weighted by atomic mass is 9.88. The molecule has 0 spiro atoms. The molecule has 0 saturated carbocycles. The molecule has 6 heterocycles. The van der Waals surface area contributed by atoms with Crippen molar-refractivity contribution in [2.75, 3.05) is 36.5 Å². The summed E-state index contributed by atoms with van der Waals surface area (Å²) in [5, 5.41) is 5.30. The lowest BCUT2D eigenvalue weighted by Gasteiger charge is -2.36. The van der Waals surface area contributed by atoms with Gasteiger partial charge in [-0.15, -0.1) is 0 Å². The van der Waals surface area contributed by atoms with Gasteiger partial charge in [0.2, 0.25) is 0 Å². The zero-order valence-corrected chi connectivity index (χ0v) is 28.3. The van der Waals surface area contributed by atoms with Crippen molar-refractivity contribution >= 4 is 57.6 Å². The maximum Gasteiger partial charge on any atom is 0.410 e. The molecule has 0 unspecified atom stereocenters. The molecule has 2 fully saturated rings. The zero-order chi connectivity index (χ0) is 33.9. The lowest BCUT2D eigenvalue weighted by molar-refractivity contribution is 0.102. The van der Waals surface area contributed by atoms with E-state index < -0.39 is 0 Å². The number of hydrogen-bond donors (Lipinski definition) is 2. The Bertz CT molecular complexity index is 2280. The normalized spacial score (nSPS) is 17.2. The number of fused-ring (bicyclic) bond motifs is 2. The van der Waals surface area contributed by atoms with E-state index in [0.717, 1.165) is 57.4 Å². The number of nitrogens with one attached hydrogen (secondary N) is 2. The van der Waals surface area contributed by atoms with Crippen LogP contribution >= 0.6 is 23.2 Å². The van der Waals surface area contributed by atoms with Crippen LogP contribution in [0, 0.1) is 0 Å². The fourth-order valence-corrected chi connectivity index (χ4v) is 8.11. The van der Waals surface area contributed by atoms with Gasteiger partial charge in [-0.1, -0.05) is 65.7 Å². The molecule has 12 heteroatoms. The highest BCUT2D eigenvalue weighted by atomic mass is 35.5. The second-order valence-electron chi connectivity index (χ2n) is 12.8. The predicted molar refractivity (Wildman–Crippen MR) is 194 cm³/mol. The smallest absolute Gasteiger partial charge is 0.410 e. The van der Waals surface area contributed by atoms with E-state index >= 15 is 0 Å². The van der Waals surface area contributed by atoms with Crippen molar-refractivity contribution in [2.45, 2.75) is 24.9 Å². The number of cyclic esters (lactones) is 1. The Morgan fingerprint density at radius 3 is 2.48 bits per heavy atom. The molecule has 2 saturated heterocycles. The first kappa shape index (κ1) is 30.7. The molecule has 1 atom stereocenters. The number of ether oxygens (including phenoxy) is 1. The summed E-state index contributed by atoms with van der Waals surface area (Å²) < 4.78 is 7.29. The van der Waals surface area contributed by atoms with Crippen molar-refractivity contribution < 1.29 is 14.3 Å². The number of nitrogens with zero attached hydrogens (tertiary/aromatic N) is 5. The van der Waals surface area contributed by atoms with Crippen LogP contribution in [0.4, 0.5) is 16.3 Å². The molecule has 2 N–H and O–H groups in total. The average Bonchev–Trinajstić information content (AvgIpc) is 3.87. The quantitative estimate of drug-likeness (QED) is 0.182. The van der Waals surface area contributed by atoms with Crippen molar-refractivity contribution in [3.05, 3.63) is 118 Å². The van der Waals surface area contributed by atoms with Crippen LogP contribution < -0.4 is 10.2 Å². The molecule has 10 nitrogen and oxygen atoms in total. The Kier molecular flexibility index (Phi) is 7.51. The van der Waals surface area contributed by atoms with E-state index in [9.17, 15) is 9.59 Å². The number of carbonyl (C=O) groups excluding carboxylic acids is 2. The minimum absolute atomic E-state index is 0.129. The summed E-state index contributed by atoms with van der Waals surface area (Å²) in [6.07, 6.45) is 4.91. The van der Waals surface area contributed by atoms with Gasteiger partial charge in [-0.25, -0.2) is 14.8 Å². The maximum absolute atomic E-state index is 14.5. The molecule has 3 aromatic heterocycles. The minimum atomic E-state index is -0.307. The Balaban J connectivity index is 1.13. The Morgan fingerprint density at radius 1 is 0.920 bits per heavy atom. The number of anilines is 2. The fraction of sp³-hybridized carbons (Fsp3) is 0.211. The second-order valence-corrected chi connectivity index (χ2v) is 13.7. The molecule has 3 aliphatic heterocycles. The third-order valence-electron chi connectivity index (χ3n) is 9.99. The number of hydrogen-bond acceptors (Lipinski definition) is 6. The van der Waals surface area contributed by atoms with Gasteiger partial charge >= 0.3 is 6.09 Å². The highest BCUT2D eigenvalue weighted by Crippen LogP contribution is 2.50. The van der Waals surface area contributed by atoms with Gasteiger partial charge in [0.1, 0.15) is 12.3 Å². The van der Waals surface area contributed by atoms with E-state index in [-0.39, 0.29) is 24.1 Å². The van der Waals surface area contributed by atoms with Gasteiger partial charge < -0.3 is 29.4 Å². The summed E-state index contributed by atoms with van der Waals surface area (Å²) in [6, 6.07) is 25.2. The van der Waals surface area contributed by atoms with Gasteiger partial charge in [-0.3, -0.25) is 4.79 Å². The standard InChI is InChI=1S/C38H31Cl2N7O3/c39-24-10-8-23(9-11-24)34-27-19-25(40)20-29-30(27)31(35-32(42-21-47(34)35)22-5-2-1-3-6-22)33(43-29)37(48)44-28-7-4-14-41-36(28)45-15-12-26(13-16-45)46-17-18-50-38(46)49/h1-11,14,19-21,26,34,43H,12-13,15-18H2,(H,44,48)/t34-/m1/s1. The minimum Gasteiger partial charge on any atom is -0.448 e. The number of benzene rings is 3. The average molecular weight is 705 g/mol. The molecule has 0 aliphatic carbocycles. The number of aromatic amines is 1. The number of aromatic nitrogens is 4. The zero-order valence-electron chi connectivity index (χ0n) is 26.8. The van der Waals surface area contributed by atoms with Crippen molar-refractivity contribution in [2.24, 2.45) is 0 Å². The third-order valence-corrected chi connectivity index (χ3v) is 10.5. The number of imidazole rings is 1.